The Balaban J connectivity index is 0.000000284. The van der Waals surface area contributed by atoms with Gasteiger partial charge >= 0.3 is 6.09 Å². The Hall–Kier alpha value is -5.84. The first-order valence-electron chi connectivity index (χ1n) is 15.2. The number of benzene rings is 4. The third-order valence-electron chi connectivity index (χ3n) is 7.26. The number of hydrogen-bond acceptors (Lipinski definition) is 9. The van der Waals surface area contributed by atoms with Crippen molar-refractivity contribution in [3.63, 3.8) is 0 Å². The number of amides is 2. The Morgan fingerprint density at radius 3 is 2.29 bits per heavy atom. The van der Waals surface area contributed by atoms with Crippen LogP contribution in [0.5, 0.6) is 17.2 Å². The van der Waals surface area contributed by atoms with Crippen LogP contribution in [0.3, 0.4) is 0 Å². The number of aldehydes is 1. The van der Waals surface area contributed by atoms with Gasteiger partial charge in [0, 0.05) is 23.9 Å². The van der Waals surface area contributed by atoms with E-state index in [1.165, 1.54) is 48.6 Å². The van der Waals surface area contributed by atoms with Crippen molar-refractivity contribution in [3.8, 4) is 28.4 Å². The molecule has 11 heteroatoms. The summed E-state index contributed by atoms with van der Waals surface area (Å²) in [6.45, 7) is 7.08. The average Bonchev–Trinajstić information content (AvgIpc) is 3.42. The molecule has 2 amide bonds. The number of alkyl carbamates (subject to hydrolysis) is 1. The minimum absolute atomic E-state index is 0.0589. The highest BCUT2D eigenvalue weighted by Crippen LogP contribution is 2.38. The third-order valence-corrected chi connectivity index (χ3v) is 7.26. The van der Waals surface area contributed by atoms with Gasteiger partial charge in [0.2, 0.25) is 11.7 Å². The number of methoxy groups -OCH3 is 2. The van der Waals surface area contributed by atoms with Crippen molar-refractivity contribution in [2.75, 3.05) is 26.6 Å². The SMILES string of the molecule is CNc1cc(N=C(NC(=O)OC(C)(C)C)NC(=O)c2cc(O)c(OC)c(OC)c2)ccc1C.O=Cc1ccc2c(c1)Cc1ccccc1-2. The fourth-order valence-electron chi connectivity index (χ4n) is 5.06. The van der Waals surface area contributed by atoms with E-state index in [1.54, 1.807) is 40.0 Å². The van der Waals surface area contributed by atoms with Crippen molar-refractivity contribution in [2.24, 2.45) is 4.99 Å². The molecule has 1 aliphatic carbocycles. The van der Waals surface area contributed by atoms with Crippen LogP contribution < -0.4 is 25.4 Å². The Labute approximate surface area is 280 Å². The molecule has 0 radical (unpaired) electrons. The summed E-state index contributed by atoms with van der Waals surface area (Å²) < 4.78 is 15.5. The van der Waals surface area contributed by atoms with Crippen LogP contribution >= 0.6 is 0 Å². The van der Waals surface area contributed by atoms with Crippen LogP contribution in [0.1, 0.15) is 58.2 Å². The van der Waals surface area contributed by atoms with E-state index in [9.17, 15) is 19.5 Å². The van der Waals surface area contributed by atoms with Crippen molar-refractivity contribution < 1.29 is 33.7 Å². The number of rotatable bonds is 6. The highest BCUT2D eigenvalue weighted by molar-refractivity contribution is 6.10. The number of aryl methyl sites for hydroxylation is 1. The third kappa shape index (κ3) is 8.69. The first-order valence-corrected chi connectivity index (χ1v) is 15.2. The number of guanidine groups is 1. The van der Waals surface area contributed by atoms with Crippen LogP contribution in [0.15, 0.2) is 77.8 Å². The topological polar surface area (TPSA) is 148 Å². The molecule has 0 aromatic heterocycles. The predicted molar refractivity (Wildman–Crippen MR) is 186 cm³/mol. The number of carbonyl (C=O) groups excluding carboxylic acids is 3. The molecule has 4 aromatic carbocycles. The maximum Gasteiger partial charge on any atom is 0.414 e. The second-order valence-electron chi connectivity index (χ2n) is 11.9. The summed E-state index contributed by atoms with van der Waals surface area (Å²) in [5, 5.41) is 18.2. The van der Waals surface area contributed by atoms with Gasteiger partial charge in [-0.15, -0.1) is 0 Å². The molecule has 0 atom stereocenters. The van der Waals surface area contributed by atoms with Crippen molar-refractivity contribution >= 4 is 35.6 Å². The van der Waals surface area contributed by atoms with E-state index >= 15 is 0 Å². The first-order chi connectivity index (χ1) is 22.8. The summed E-state index contributed by atoms with van der Waals surface area (Å²) in [4.78, 5) is 40.3. The molecular weight excluding hydrogens is 612 g/mol. The molecule has 0 aliphatic heterocycles. The van der Waals surface area contributed by atoms with Gasteiger partial charge in [0.1, 0.15) is 11.9 Å². The van der Waals surface area contributed by atoms with E-state index < -0.39 is 17.6 Å². The molecule has 250 valence electrons. The molecule has 48 heavy (non-hydrogen) atoms. The van der Waals surface area contributed by atoms with Gasteiger partial charge in [-0.2, -0.15) is 0 Å². The van der Waals surface area contributed by atoms with Crippen LogP contribution in [-0.2, 0) is 11.2 Å². The molecule has 0 bridgehead atoms. The number of aromatic hydroxyl groups is 1. The minimum Gasteiger partial charge on any atom is -0.504 e. The molecule has 0 spiro atoms. The largest absolute Gasteiger partial charge is 0.504 e. The number of hydrogen-bond donors (Lipinski definition) is 4. The standard InChI is InChI=1S/C23H30N4O6.C14H10O/c1-13-8-9-15(12-16(13)24-5)25-21(27-22(30)33-23(2,3)4)26-20(29)14-10-17(28)19(32-7)18(11-14)31-6;15-9-10-5-6-14-12(7-10)8-11-3-1-2-4-13(11)14/h8-12,24,28H,1-7H3,(H2,25,26,27,29,30);1-7,9H,8H2. The molecule has 0 saturated heterocycles. The van der Waals surface area contributed by atoms with Crippen LogP contribution in [-0.4, -0.2) is 56.2 Å². The zero-order valence-electron chi connectivity index (χ0n) is 28.1. The maximum atomic E-state index is 12.9. The summed E-state index contributed by atoms with van der Waals surface area (Å²) in [5.74, 6) is -0.832. The molecule has 11 nitrogen and oxygen atoms in total. The number of aliphatic imine (C=N–C) groups is 1. The van der Waals surface area contributed by atoms with Crippen molar-refractivity contribution in [1.82, 2.24) is 10.6 Å². The van der Waals surface area contributed by atoms with E-state index in [4.69, 9.17) is 14.2 Å². The number of nitrogens with zero attached hydrogens (tertiary/aromatic N) is 1. The molecule has 0 saturated carbocycles. The Bertz CT molecular complexity index is 1860. The summed E-state index contributed by atoms with van der Waals surface area (Å²) in [5.41, 5.74) is 7.60. The van der Waals surface area contributed by atoms with Gasteiger partial charge in [-0.3, -0.25) is 20.2 Å². The number of nitrogens with one attached hydrogen (secondary N) is 3. The van der Waals surface area contributed by atoms with Crippen LogP contribution in [0.25, 0.3) is 11.1 Å². The van der Waals surface area contributed by atoms with Gasteiger partial charge in [0.05, 0.1) is 19.9 Å². The van der Waals surface area contributed by atoms with Crippen molar-refractivity contribution in [3.05, 3.63) is 101 Å². The Morgan fingerprint density at radius 2 is 1.62 bits per heavy atom. The van der Waals surface area contributed by atoms with E-state index in [0.717, 1.165) is 29.5 Å². The summed E-state index contributed by atoms with van der Waals surface area (Å²) in [6, 6.07) is 22.3. The summed E-state index contributed by atoms with van der Waals surface area (Å²) >= 11 is 0. The number of ether oxygens (including phenoxy) is 3. The maximum absolute atomic E-state index is 12.9. The average molecular weight is 653 g/mol. The summed E-state index contributed by atoms with van der Waals surface area (Å²) in [6.07, 6.45) is 1.06. The molecular formula is C37H40N4O7. The number of fused-ring (bicyclic) bond motifs is 3. The van der Waals surface area contributed by atoms with Crippen molar-refractivity contribution in [2.45, 2.75) is 39.7 Å². The van der Waals surface area contributed by atoms with Crippen LogP contribution in [0, 0.1) is 6.92 Å². The van der Waals surface area contributed by atoms with E-state index in [0.29, 0.717) is 5.69 Å². The van der Waals surface area contributed by atoms with Crippen LogP contribution in [0.4, 0.5) is 16.2 Å². The molecule has 1 aliphatic rings. The predicted octanol–water partition coefficient (Wildman–Crippen LogP) is 6.77. The lowest BCUT2D eigenvalue weighted by Gasteiger charge is -2.20. The second kappa shape index (κ2) is 15.2. The highest BCUT2D eigenvalue weighted by Gasteiger charge is 2.21. The van der Waals surface area contributed by atoms with Gasteiger partial charge in [-0.1, -0.05) is 42.5 Å². The van der Waals surface area contributed by atoms with Gasteiger partial charge in [-0.25, -0.2) is 9.79 Å². The number of anilines is 1. The fraction of sp³-hybridized carbons (Fsp3) is 0.243. The van der Waals surface area contributed by atoms with Gasteiger partial charge < -0.3 is 24.6 Å². The zero-order valence-corrected chi connectivity index (χ0v) is 28.1. The second-order valence-corrected chi connectivity index (χ2v) is 11.9. The van der Waals surface area contributed by atoms with E-state index in [-0.39, 0.29) is 28.8 Å². The fourth-order valence-corrected chi connectivity index (χ4v) is 5.06. The highest BCUT2D eigenvalue weighted by atomic mass is 16.6. The van der Waals surface area contributed by atoms with E-state index in [1.807, 2.05) is 31.2 Å². The van der Waals surface area contributed by atoms with E-state index in [2.05, 4.69) is 45.2 Å². The molecule has 0 heterocycles. The lowest BCUT2D eigenvalue weighted by atomic mass is 10.0. The molecule has 4 aromatic rings. The molecule has 0 unspecified atom stereocenters. The van der Waals surface area contributed by atoms with Gasteiger partial charge in [0.15, 0.2) is 11.5 Å². The number of phenolic OH excluding ortho intramolecular Hbond substituents is 1. The lowest BCUT2D eigenvalue weighted by molar-refractivity contribution is 0.0561. The molecule has 5 rings (SSSR count). The first kappa shape index (κ1) is 35.0. The monoisotopic (exact) mass is 652 g/mol. The number of carbonyl (C=O) groups is 3. The number of phenols is 1. The smallest absolute Gasteiger partial charge is 0.414 e. The Kier molecular flexibility index (Phi) is 11.1. The molecule has 4 N–H and O–H groups in total. The summed E-state index contributed by atoms with van der Waals surface area (Å²) in [7, 11) is 4.53. The zero-order chi connectivity index (χ0) is 35.0. The molecule has 0 fully saturated rings. The Morgan fingerprint density at radius 1 is 0.896 bits per heavy atom. The minimum atomic E-state index is -0.794. The van der Waals surface area contributed by atoms with Crippen LogP contribution in [0.2, 0.25) is 0 Å². The van der Waals surface area contributed by atoms with Crippen molar-refractivity contribution in [1.29, 1.82) is 0 Å². The van der Waals surface area contributed by atoms with Gasteiger partial charge in [-0.05, 0) is 92.3 Å². The van der Waals surface area contributed by atoms with Gasteiger partial charge in [0.25, 0.3) is 5.91 Å². The quantitative estimate of drug-likeness (QED) is 0.0893. The lowest BCUT2D eigenvalue weighted by Crippen LogP contribution is -2.45. The normalized spacial score (nSPS) is 11.6.